The normalized spacial score (nSPS) is 34.0. The number of hydrogen-bond donors (Lipinski definition) is 1. The summed E-state index contributed by atoms with van der Waals surface area (Å²) in [5.74, 6) is 1.01. The van der Waals surface area contributed by atoms with Crippen molar-refractivity contribution in [1.29, 1.82) is 0 Å². The molecule has 14 heavy (non-hydrogen) atoms. The van der Waals surface area contributed by atoms with Crippen LogP contribution in [0.1, 0.15) is 25.7 Å². The van der Waals surface area contributed by atoms with Gasteiger partial charge in [-0.1, -0.05) is 6.08 Å². The van der Waals surface area contributed by atoms with E-state index in [4.69, 9.17) is 0 Å². The number of nitrogens with one attached hydrogen (secondary N) is 1. The first-order valence-electron chi connectivity index (χ1n) is 6.01. The van der Waals surface area contributed by atoms with Crippen molar-refractivity contribution in [2.45, 2.75) is 25.7 Å². The third kappa shape index (κ3) is 1.46. The molecule has 0 aromatic heterocycles. The lowest BCUT2D eigenvalue weighted by Crippen LogP contribution is -2.31. The average molecular weight is 192 g/mol. The standard InChI is InChI=1S/C12H20N2/c1-2-8-14(7-1)10-11-9-12(11)3-5-13-6-4-12/h1,7,11,13H,2-6,8-10H2. The van der Waals surface area contributed by atoms with Gasteiger partial charge in [-0.05, 0) is 56.3 Å². The van der Waals surface area contributed by atoms with Crippen molar-refractivity contribution in [1.82, 2.24) is 10.2 Å². The maximum atomic E-state index is 3.47. The molecule has 0 radical (unpaired) electrons. The van der Waals surface area contributed by atoms with Crippen molar-refractivity contribution in [3.63, 3.8) is 0 Å². The molecule has 1 spiro atoms. The summed E-state index contributed by atoms with van der Waals surface area (Å²) in [6, 6.07) is 0. The van der Waals surface area contributed by atoms with Crippen molar-refractivity contribution in [3.8, 4) is 0 Å². The first kappa shape index (κ1) is 8.78. The predicted octanol–water partition coefficient (Wildman–Crippen LogP) is 1.60. The van der Waals surface area contributed by atoms with E-state index in [1.807, 2.05) is 0 Å². The monoisotopic (exact) mass is 192 g/mol. The molecular formula is C12H20N2. The zero-order valence-corrected chi connectivity index (χ0v) is 8.84. The predicted molar refractivity (Wildman–Crippen MR) is 58.0 cm³/mol. The Labute approximate surface area is 86.4 Å². The summed E-state index contributed by atoms with van der Waals surface area (Å²) in [4.78, 5) is 2.52. The number of rotatable bonds is 2. The fourth-order valence-corrected chi connectivity index (χ4v) is 3.20. The number of hydrogen-bond acceptors (Lipinski definition) is 2. The summed E-state index contributed by atoms with van der Waals surface area (Å²) in [5.41, 5.74) is 0.766. The van der Waals surface area contributed by atoms with Crippen molar-refractivity contribution >= 4 is 0 Å². The Kier molecular flexibility index (Phi) is 2.05. The molecular weight excluding hydrogens is 172 g/mol. The molecule has 1 aliphatic carbocycles. The first-order chi connectivity index (χ1) is 6.89. The Morgan fingerprint density at radius 1 is 1.36 bits per heavy atom. The third-order valence-electron chi connectivity index (χ3n) is 4.31. The SMILES string of the molecule is C1=CN(CC2CC23CCNCC3)CC1. The summed E-state index contributed by atoms with van der Waals surface area (Å²) in [6.07, 6.45) is 10.2. The number of piperidine rings is 1. The van der Waals surface area contributed by atoms with E-state index in [2.05, 4.69) is 22.5 Å². The molecule has 0 bridgehead atoms. The van der Waals surface area contributed by atoms with E-state index >= 15 is 0 Å². The highest BCUT2D eigenvalue weighted by atomic mass is 15.1. The minimum atomic E-state index is 0.766. The molecule has 3 rings (SSSR count). The first-order valence-corrected chi connectivity index (χ1v) is 6.01. The molecule has 1 saturated heterocycles. The fraction of sp³-hybridized carbons (Fsp3) is 0.833. The minimum absolute atomic E-state index is 0.766. The molecule has 3 aliphatic rings. The quantitative estimate of drug-likeness (QED) is 0.715. The van der Waals surface area contributed by atoms with Gasteiger partial charge in [0.1, 0.15) is 0 Å². The molecule has 0 aromatic carbocycles. The second kappa shape index (κ2) is 3.27. The highest BCUT2D eigenvalue weighted by molar-refractivity contribution is 5.07. The Balaban J connectivity index is 1.54. The van der Waals surface area contributed by atoms with Gasteiger partial charge in [-0.25, -0.2) is 0 Å². The van der Waals surface area contributed by atoms with Crippen LogP contribution in [0.3, 0.4) is 0 Å². The van der Waals surface area contributed by atoms with Gasteiger partial charge in [-0.15, -0.1) is 0 Å². The molecule has 0 amide bonds. The van der Waals surface area contributed by atoms with Crippen LogP contribution < -0.4 is 5.32 Å². The van der Waals surface area contributed by atoms with E-state index in [0.717, 1.165) is 11.3 Å². The topological polar surface area (TPSA) is 15.3 Å². The Bertz CT molecular complexity index is 241. The van der Waals surface area contributed by atoms with Crippen molar-refractivity contribution in [2.75, 3.05) is 26.2 Å². The molecule has 2 nitrogen and oxygen atoms in total. The van der Waals surface area contributed by atoms with Crippen LogP contribution in [0.15, 0.2) is 12.3 Å². The van der Waals surface area contributed by atoms with Crippen molar-refractivity contribution < 1.29 is 0 Å². The molecule has 1 atom stereocenters. The molecule has 2 heterocycles. The van der Waals surface area contributed by atoms with Crippen molar-refractivity contribution in [2.24, 2.45) is 11.3 Å². The van der Waals surface area contributed by atoms with Gasteiger partial charge in [0, 0.05) is 13.1 Å². The van der Waals surface area contributed by atoms with Gasteiger partial charge < -0.3 is 10.2 Å². The zero-order valence-electron chi connectivity index (χ0n) is 8.84. The fourth-order valence-electron chi connectivity index (χ4n) is 3.20. The van der Waals surface area contributed by atoms with Crippen LogP contribution in [0.4, 0.5) is 0 Å². The maximum Gasteiger partial charge on any atom is 0.0207 e. The van der Waals surface area contributed by atoms with E-state index in [9.17, 15) is 0 Å². The van der Waals surface area contributed by atoms with Crippen LogP contribution in [0, 0.1) is 11.3 Å². The molecule has 2 aliphatic heterocycles. The molecule has 1 saturated carbocycles. The van der Waals surface area contributed by atoms with E-state index in [0.29, 0.717) is 0 Å². The van der Waals surface area contributed by atoms with E-state index in [1.54, 1.807) is 0 Å². The van der Waals surface area contributed by atoms with Crippen LogP contribution in [-0.4, -0.2) is 31.1 Å². The van der Waals surface area contributed by atoms with E-state index in [1.165, 1.54) is 51.9 Å². The van der Waals surface area contributed by atoms with Crippen LogP contribution >= 0.6 is 0 Å². The van der Waals surface area contributed by atoms with E-state index in [-0.39, 0.29) is 0 Å². The molecule has 2 heteroatoms. The van der Waals surface area contributed by atoms with Crippen LogP contribution in [0.25, 0.3) is 0 Å². The highest BCUT2D eigenvalue weighted by Gasteiger charge is 2.53. The molecule has 2 fully saturated rings. The second-order valence-corrected chi connectivity index (χ2v) is 5.18. The lowest BCUT2D eigenvalue weighted by atomic mass is 9.92. The summed E-state index contributed by atoms with van der Waals surface area (Å²) in [5, 5.41) is 3.47. The van der Waals surface area contributed by atoms with Gasteiger partial charge in [0.15, 0.2) is 0 Å². The van der Waals surface area contributed by atoms with Gasteiger partial charge in [0.25, 0.3) is 0 Å². The lowest BCUT2D eigenvalue weighted by Gasteiger charge is -2.25. The van der Waals surface area contributed by atoms with Crippen molar-refractivity contribution in [3.05, 3.63) is 12.3 Å². The Hall–Kier alpha value is -0.500. The Morgan fingerprint density at radius 2 is 2.21 bits per heavy atom. The zero-order chi connectivity index (χ0) is 9.43. The highest BCUT2D eigenvalue weighted by Crippen LogP contribution is 2.58. The largest absolute Gasteiger partial charge is 0.377 e. The summed E-state index contributed by atoms with van der Waals surface area (Å²) in [7, 11) is 0. The van der Waals surface area contributed by atoms with Crippen LogP contribution in [0.5, 0.6) is 0 Å². The molecule has 78 valence electrons. The van der Waals surface area contributed by atoms with Gasteiger partial charge in [-0.2, -0.15) is 0 Å². The lowest BCUT2D eigenvalue weighted by molar-refractivity contribution is 0.286. The van der Waals surface area contributed by atoms with Gasteiger partial charge in [-0.3, -0.25) is 0 Å². The molecule has 1 unspecified atom stereocenters. The summed E-state index contributed by atoms with van der Waals surface area (Å²) < 4.78 is 0. The van der Waals surface area contributed by atoms with Gasteiger partial charge in [0.05, 0.1) is 0 Å². The minimum Gasteiger partial charge on any atom is -0.377 e. The van der Waals surface area contributed by atoms with Crippen LogP contribution in [0.2, 0.25) is 0 Å². The smallest absolute Gasteiger partial charge is 0.0207 e. The third-order valence-corrected chi connectivity index (χ3v) is 4.31. The van der Waals surface area contributed by atoms with Crippen LogP contribution in [-0.2, 0) is 0 Å². The molecule has 0 aromatic rings. The van der Waals surface area contributed by atoms with Gasteiger partial charge in [0.2, 0.25) is 0 Å². The maximum absolute atomic E-state index is 3.47. The Morgan fingerprint density at radius 3 is 2.93 bits per heavy atom. The number of nitrogens with zero attached hydrogens (tertiary/aromatic N) is 1. The van der Waals surface area contributed by atoms with E-state index < -0.39 is 0 Å². The summed E-state index contributed by atoms with van der Waals surface area (Å²) in [6.45, 7) is 5.11. The second-order valence-electron chi connectivity index (χ2n) is 5.18. The summed E-state index contributed by atoms with van der Waals surface area (Å²) >= 11 is 0. The van der Waals surface area contributed by atoms with Gasteiger partial charge >= 0.3 is 0 Å². The molecule has 1 N–H and O–H groups in total. The average Bonchev–Trinajstić information content (AvgIpc) is 2.67.